The van der Waals surface area contributed by atoms with Crippen LogP contribution in [0.25, 0.3) is 0 Å². The van der Waals surface area contributed by atoms with Gasteiger partial charge in [-0.15, -0.1) is 0 Å². The Morgan fingerprint density at radius 3 is 2.48 bits per heavy atom. The number of hydrogen-bond acceptors (Lipinski definition) is 5. The zero-order chi connectivity index (χ0) is 15.6. The van der Waals surface area contributed by atoms with Crippen molar-refractivity contribution in [1.29, 1.82) is 5.41 Å². The highest BCUT2D eigenvalue weighted by atomic mass is 79.9. The van der Waals surface area contributed by atoms with Gasteiger partial charge >= 0.3 is 0 Å². The molecule has 0 aliphatic carbocycles. The molecular formula is C12H8Br2N4O3. The van der Waals surface area contributed by atoms with Crippen molar-refractivity contribution in [2.45, 2.75) is 0 Å². The minimum Gasteiger partial charge on any atom is -0.455 e. The first-order valence-corrected chi connectivity index (χ1v) is 7.09. The van der Waals surface area contributed by atoms with E-state index in [-0.39, 0.29) is 17.2 Å². The van der Waals surface area contributed by atoms with Gasteiger partial charge in [0.25, 0.3) is 5.69 Å². The minimum absolute atomic E-state index is 0.0692. The molecule has 3 N–H and O–H groups in total. The zero-order valence-electron chi connectivity index (χ0n) is 10.3. The van der Waals surface area contributed by atoms with E-state index >= 15 is 0 Å². The predicted molar refractivity (Wildman–Crippen MR) is 83.8 cm³/mol. The van der Waals surface area contributed by atoms with E-state index < -0.39 is 4.92 Å². The molecule has 9 heteroatoms. The topological polar surface area (TPSA) is 115 Å². The highest BCUT2D eigenvalue weighted by Gasteiger charge is 2.16. The Bertz CT molecular complexity index is 713. The number of nitro benzene ring substituents is 1. The maximum absolute atomic E-state index is 10.8. The fourth-order valence-electron chi connectivity index (χ4n) is 1.49. The lowest BCUT2D eigenvalue weighted by Crippen LogP contribution is -2.12. The molecule has 0 fully saturated rings. The van der Waals surface area contributed by atoms with Gasteiger partial charge in [-0.3, -0.25) is 20.5 Å². The van der Waals surface area contributed by atoms with Crippen molar-refractivity contribution < 1.29 is 9.66 Å². The van der Waals surface area contributed by atoms with Crippen LogP contribution < -0.4 is 10.5 Å². The van der Waals surface area contributed by atoms with Crippen LogP contribution in [0.1, 0.15) is 5.69 Å². The first kappa shape index (κ1) is 15.4. The van der Waals surface area contributed by atoms with E-state index in [4.69, 9.17) is 15.9 Å². The number of aromatic nitrogens is 1. The van der Waals surface area contributed by atoms with Crippen molar-refractivity contribution in [3.8, 4) is 11.5 Å². The number of benzene rings is 1. The largest absolute Gasteiger partial charge is 0.455 e. The lowest BCUT2D eigenvalue weighted by molar-refractivity contribution is -0.385. The molecule has 0 saturated heterocycles. The van der Waals surface area contributed by atoms with E-state index in [1.54, 1.807) is 6.07 Å². The Morgan fingerprint density at radius 2 is 1.95 bits per heavy atom. The van der Waals surface area contributed by atoms with E-state index in [9.17, 15) is 10.1 Å². The number of ether oxygens (including phenoxy) is 1. The number of amidine groups is 1. The van der Waals surface area contributed by atoms with Crippen LogP contribution >= 0.6 is 31.9 Å². The van der Waals surface area contributed by atoms with Gasteiger partial charge in [0.15, 0.2) is 5.75 Å². The van der Waals surface area contributed by atoms with Crippen molar-refractivity contribution in [2.75, 3.05) is 0 Å². The molecule has 1 heterocycles. The molecule has 0 spiro atoms. The molecule has 0 radical (unpaired) electrons. The molecule has 1 aromatic carbocycles. The summed E-state index contributed by atoms with van der Waals surface area (Å²) in [5, 5.41) is 18.1. The van der Waals surface area contributed by atoms with Crippen LogP contribution in [0.3, 0.4) is 0 Å². The molecule has 2 aromatic rings. The van der Waals surface area contributed by atoms with E-state index in [0.717, 1.165) is 0 Å². The molecule has 0 bridgehead atoms. The Morgan fingerprint density at radius 1 is 1.33 bits per heavy atom. The van der Waals surface area contributed by atoms with E-state index in [1.807, 2.05) is 0 Å². The summed E-state index contributed by atoms with van der Waals surface area (Å²) >= 11 is 6.46. The minimum atomic E-state index is -0.500. The van der Waals surface area contributed by atoms with Crippen LogP contribution in [-0.2, 0) is 0 Å². The predicted octanol–water partition coefficient (Wildman–Crippen LogP) is 3.59. The average Bonchev–Trinajstić information content (AvgIpc) is 2.42. The molecule has 2 rings (SSSR count). The second kappa shape index (κ2) is 6.19. The van der Waals surface area contributed by atoms with Crippen LogP contribution in [0.5, 0.6) is 11.5 Å². The first-order chi connectivity index (χ1) is 9.88. The summed E-state index contributed by atoms with van der Waals surface area (Å²) in [6, 6.07) is 5.77. The van der Waals surface area contributed by atoms with Crippen LogP contribution in [0.15, 0.2) is 39.4 Å². The molecule has 1 aromatic heterocycles. The zero-order valence-corrected chi connectivity index (χ0v) is 13.5. The normalized spacial score (nSPS) is 10.2. The second-order valence-corrected chi connectivity index (χ2v) is 5.60. The van der Waals surface area contributed by atoms with E-state index in [0.29, 0.717) is 20.4 Å². The van der Waals surface area contributed by atoms with Crippen LogP contribution in [0, 0.1) is 15.5 Å². The number of pyridine rings is 1. The molecule has 0 aliphatic heterocycles. The summed E-state index contributed by atoms with van der Waals surface area (Å²) in [5.41, 5.74) is 5.57. The van der Waals surface area contributed by atoms with E-state index in [2.05, 4.69) is 36.8 Å². The second-order valence-electron chi connectivity index (χ2n) is 3.89. The Balaban J connectivity index is 2.38. The Labute approximate surface area is 136 Å². The number of nitrogen functional groups attached to an aromatic ring is 1. The molecule has 21 heavy (non-hydrogen) atoms. The number of non-ortho nitro benzene ring substituents is 1. The summed E-state index contributed by atoms with van der Waals surface area (Å²) < 4.78 is 6.50. The number of nitrogens with two attached hydrogens (primary N) is 1. The van der Waals surface area contributed by atoms with Gasteiger partial charge in [0.05, 0.1) is 13.9 Å². The number of halogens is 2. The molecule has 0 saturated carbocycles. The number of nitrogens with zero attached hydrogens (tertiary/aromatic N) is 2. The third-order valence-electron chi connectivity index (χ3n) is 2.42. The van der Waals surface area contributed by atoms with Gasteiger partial charge in [0, 0.05) is 24.4 Å². The smallest absolute Gasteiger partial charge is 0.271 e. The van der Waals surface area contributed by atoms with Crippen LogP contribution in [0.2, 0.25) is 0 Å². The van der Waals surface area contributed by atoms with Gasteiger partial charge in [-0.2, -0.15) is 0 Å². The van der Waals surface area contributed by atoms with Gasteiger partial charge in [-0.1, -0.05) is 0 Å². The molecule has 0 amide bonds. The summed E-state index contributed by atoms with van der Waals surface area (Å²) in [5.74, 6) is 0.606. The Hall–Kier alpha value is -2.00. The summed E-state index contributed by atoms with van der Waals surface area (Å²) in [6.07, 6.45) is 1.46. The van der Waals surface area contributed by atoms with Crippen LogP contribution in [0.4, 0.5) is 5.69 Å². The molecule has 0 unspecified atom stereocenters. The van der Waals surface area contributed by atoms with Crippen molar-refractivity contribution in [3.63, 3.8) is 0 Å². The Kier molecular flexibility index (Phi) is 4.53. The fraction of sp³-hybridized carbons (Fsp3) is 0. The maximum atomic E-state index is 10.8. The molecule has 7 nitrogen and oxygen atoms in total. The monoisotopic (exact) mass is 414 g/mol. The van der Waals surface area contributed by atoms with Gasteiger partial charge in [-0.25, -0.2) is 0 Å². The molecular weight excluding hydrogens is 408 g/mol. The van der Waals surface area contributed by atoms with Crippen molar-refractivity contribution in [2.24, 2.45) is 5.73 Å². The number of hydrogen-bond donors (Lipinski definition) is 2. The summed E-state index contributed by atoms with van der Waals surface area (Å²) in [6.45, 7) is 0. The fourth-order valence-corrected chi connectivity index (χ4v) is 2.81. The lowest BCUT2D eigenvalue weighted by Gasteiger charge is -2.10. The maximum Gasteiger partial charge on any atom is 0.271 e. The van der Waals surface area contributed by atoms with Crippen LogP contribution in [-0.4, -0.2) is 15.7 Å². The lowest BCUT2D eigenvalue weighted by atomic mass is 10.3. The van der Waals surface area contributed by atoms with Gasteiger partial charge in [0.2, 0.25) is 0 Å². The average molecular weight is 416 g/mol. The third kappa shape index (κ3) is 3.56. The SMILES string of the molecule is N=C(N)c1cc(Oc2c(Br)cc([N+](=O)[O-])cc2Br)ccn1. The summed E-state index contributed by atoms with van der Waals surface area (Å²) in [7, 11) is 0. The molecule has 0 atom stereocenters. The van der Waals surface area contributed by atoms with Gasteiger partial charge in [0.1, 0.15) is 17.3 Å². The van der Waals surface area contributed by atoms with Crippen molar-refractivity contribution in [3.05, 3.63) is 55.2 Å². The molecule has 108 valence electrons. The standard InChI is InChI=1S/C12H8Br2N4O3/c13-8-3-6(18(19)20)4-9(14)11(8)21-7-1-2-17-10(5-7)12(15)16/h1-5H,(H3,15,16). The number of rotatable bonds is 4. The highest BCUT2D eigenvalue weighted by molar-refractivity contribution is 9.11. The van der Waals surface area contributed by atoms with Crippen molar-refractivity contribution in [1.82, 2.24) is 4.98 Å². The third-order valence-corrected chi connectivity index (χ3v) is 3.60. The number of nitrogens with one attached hydrogen (secondary N) is 1. The number of nitro groups is 1. The quantitative estimate of drug-likeness (QED) is 0.342. The summed E-state index contributed by atoms with van der Waals surface area (Å²) in [4.78, 5) is 14.2. The van der Waals surface area contributed by atoms with Gasteiger partial charge < -0.3 is 10.5 Å². The highest BCUT2D eigenvalue weighted by Crippen LogP contribution is 2.39. The van der Waals surface area contributed by atoms with E-state index in [1.165, 1.54) is 24.4 Å². The van der Waals surface area contributed by atoms with Gasteiger partial charge in [-0.05, 0) is 37.9 Å². The van der Waals surface area contributed by atoms with Crippen molar-refractivity contribution >= 4 is 43.4 Å². The first-order valence-electron chi connectivity index (χ1n) is 5.50. The molecule has 0 aliphatic rings.